The first-order valence-corrected chi connectivity index (χ1v) is 6.85. The minimum atomic E-state index is -1.43. The van der Waals surface area contributed by atoms with Gasteiger partial charge in [0.1, 0.15) is 5.75 Å². The zero-order valence-corrected chi connectivity index (χ0v) is 11.7. The van der Waals surface area contributed by atoms with E-state index in [1.54, 1.807) is 19.2 Å². The van der Waals surface area contributed by atoms with Crippen LogP contribution in [0.5, 0.6) is 5.75 Å². The second-order valence-electron chi connectivity index (χ2n) is 5.43. The molecule has 1 fully saturated rings. The predicted octanol–water partition coefficient (Wildman–Crippen LogP) is 0.607. The third kappa shape index (κ3) is 3.72. The second kappa shape index (κ2) is 6.41. The van der Waals surface area contributed by atoms with Gasteiger partial charge in [0.25, 0.3) is 0 Å². The van der Waals surface area contributed by atoms with E-state index >= 15 is 0 Å². The SMILES string of the molecule is COc1ccc(B(O)O)cc1CN1CCCC(C)C1. The monoisotopic (exact) mass is 263 g/mol. The first kappa shape index (κ1) is 14.4. The molecule has 0 aliphatic carbocycles. The Bertz CT molecular complexity index is 425. The minimum absolute atomic E-state index is 0.515. The molecule has 1 unspecified atom stereocenters. The molecular formula is C14H22BNO3. The molecule has 0 amide bonds. The van der Waals surface area contributed by atoms with E-state index in [1.807, 2.05) is 6.07 Å². The summed E-state index contributed by atoms with van der Waals surface area (Å²) < 4.78 is 5.36. The lowest BCUT2D eigenvalue weighted by molar-refractivity contribution is 0.175. The van der Waals surface area contributed by atoms with E-state index in [1.165, 1.54) is 12.8 Å². The summed E-state index contributed by atoms with van der Waals surface area (Å²) in [5.41, 5.74) is 1.53. The molecule has 5 heteroatoms. The largest absolute Gasteiger partial charge is 0.496 e. The summed E-state index contributed by atoms with van der Waals surface area (Å²) in [4.78, 5) is 2.40. The van der Waals surface area contributed by atoms with Gasteiger partial charge in [-0.2, -0.15) is 0 Å². The first-order chi connectivity index (χ1) is 9.10. The average molecular weight is 263 g/mol. The number of rotatable bonds is 4. The van der Waals surface area contributed by atoms with Gasteiger partial charge in [0.2, 0.25) is 0 Å². The highest BCUT2D eigenvalue weighted by Gasteiger charge is 2.19. The second-order valence-corrected chi connectivity index (χ2v) is 5.43. The van der Waals surface area contributed by atoms with Gasteiger partial charge in [0.05, 0.1) is 7.11 Å². The standard InChI is InChI=1S/C14H22BNO3/c1-11-4-3-7-16(9-11)10-12-8-13(15(17)18)5-6-14(12)19-2/h5-6,8,11,17-18H,3-4,7,9-10H2,1-2H3. The van der Waals surface area contributed by atoms with Crippen LogP contribution in [0, 0.1) is 5.92 Å². The molecule has 1 aromatic carbocycles. The molecule has 104 valence electrons. The summed E-state index contributed by atoms with van der Waals surface area (Å²) in [5.74, 6) is 1.54. The van der Waals surface area contributed by atoms with Crippen LogP contribution in [-0.2, 0) is 6.54 Å². The van der Waals surface area contributed by atoms with E-state index < -0.39 is 7.12 Å². The van der Waals surface area contributed by atoms with Gasteiger partial charge in [-0.1, -0.05) is 19.1 Å². The molecule has 1 aliphatic rings. The molecular weight excluding hydrogens is 241 g/mol. The number of benzene rings is 1. The van der Waals surface area contributed by atoms with Gasteiger partial charge in [0.15, 0.2) is 0 Å². The number of hydrogen-bond acceptors (Lipinski definition) is 4. The Morgan fingerprint density at radius 3 is 2.84 bits per heavy atom. The van der Waals surface area contributed by atoms with E-state index in [0.717, 1.165) is 36.9 Å². The molecule has 1 atom stereocenters. The number of nitrogens with zero attached hydrogens (tertiary/aromatic N) is 1. The molecule has 19 heavy (non-hydrogen) atoms. The minimum Gasteiger partial charge on any atom is -0.496 e. The maximum Gasteiger partial charge on any atom is 0.488 e. The molecule has 0 spiro atoms. The molecule has 0 aromatic heterocycles. The van der Waals surface area contributed by atoms with Gasteiger partial charge in [0, 0.05) is 18.7 Å². The zero-order chi connectivity index (χ0) is 13.8. The lowest BCUT2D eigenvalue weighted by atomic mass is 9.79. The summed E-state index contributed by atoms with van der Waals surface area (Å²) in [6.45, 7) is 5.26. The Morgan fingerprint density at radius 2 is 2.21 bits per heavy atom. The van der Waals surface area contributed by atoms with Crippen LogP contribution < -0.4 is 10.2 Å². The summed E-state index contributed by atoms with van der Waals surface area (Å²) >= 11 is 0. The highest BCUT2D eigenvalue weighted by Crippen LogP contribution is 2.22. The molecule has 2 N–H and O–H groups in total. The quantitative estimate of drug-likeness (QED) is 0.781. The van der Waals surface area contributed by atoms with Crippen molar-refractivity contribution < 1.29 is 14.8 Å². The highest BCUT2D eigenvalue weighted by atomic mass is 16.5. The van der Waals surface area contributed by atoms with Crippen LogP contribution in [0.4, 0.5) is 0 Å². The molecule has 4 nitrogen and oxygen atoms in total. The van der Waals surface area contributed by atoms with Gasteiger partial charge in [-0.15, -0.1) is 0 Å². The van der Waals surface area contributed by atoms with Gasteiger partial charge in [-0.05, 0) is 36.8 Å². The summed E-state index contributed by atoms with van der Waals surface area (Å²) in [6.07, 6.45) is 2.52. The fourth-order valence-corrected chi connectivity index (χ4v) is 2.75. The average Bonchev–Trinajstić information content (AvgIpc) is 2.38. The van der Waals surface area contributed by atoms with Crippen LogP contribution in [0.25, 0.3) is 0 Å². The van der Waals surface area contributed by atoms with Crippen molar-refractivity contribution in [2.75, 3.05) is 20.2 Å². The highest BCUT2D eigenvalue weighted by molar-refractivity contribution is 6.58. The van der Waals surface area contributed by atoms with Crippen LogP contribution >= 0.6 is 0 Å². The Balaban J connectivity index is 2.14. The van der Waals surface area contributed by atoms with Crippen LogP contribution in [0.2, 0.25) is 0 Å². The van der Waals surface area contributed by atoms with Crippen molar-refractivity contribution in [3.8, 4) is 5.75 Å². The van der Waals surface area contributed by atoms with Crippen LogP contribution in [0.15, 0.2) is 18.2 Å². The van der Waals surface area contributed by atoms with Crippen LogP contribution in [0.3, 0.4) is 0 Å². The van der Waals surface area contributed by atoms with E-state index in [9.17, 15) is 10.0 Å². The molecule has 2 rings (SSSR count). The number of hydrogen-bond donors (Lipinski definition) is 2. The van der Waals surface area contributed by atoms with Crippen molar-refractivity contribution in [1.82, 2.24) is 4.90 Å². The fraction of sp³-hybridized carbons (Fsp3) is 0.571. The van der Waals surface area contributed by atoms with Crippen LogP contribution in [-0.4, -0.2) is 42.3 Å². The third-order valence-corrected chi connectivity index (χ3v) is 3.74. The van der Waals surface area contributed by atoms with Gasteiger partial charge in [-0.25, -0.2) is 0 Å². The van der Waals surface area contributed by atoms with E-state index in [2.05, 4.69) is 11.8 Å². The molecule has 1 aromatic rings. The number of ether oxygens (including phenoxy) is 1. The Kier molecular flexibility index (Phi) is 4.85. The van der Waals surface area contributed by atoms with E-state index in [4.69, 9.17) is 4.74 Å². The number of methoxy groups -OCH3 is 1. The van der Waals surface area contributed by atoms with Crippen LogP contribution in [0.1, 0.15) is 25.3 Å². The molecule has 1 saturated heterocycles. The summed E-state index contributed by atoms with van der Waals surface area (Å²) in [6, 6.07) is 5.31. The lowest BCUT2D eigenvalue weighted by Crippen LogP contribution is -2.35. The van der Waals surface area contributed by atoms with Crippen molar-refractivity contribution in [2.24, 2.45) is 5.92 Å². The fourth-order valence-electron chi connectivity index (χ4n) is 2.75. The Morgan fingerprint density at radius 1 is 1.42 bits per heavy atom. The molecule has 1 heterocycles. The molecule has 0 saturated carbocycles. The van der Waals surface area contributed by atoms with Gasteiger partial charge in [-0.3, -0.25) is 4.90 Å². The zero-order valence-electron chi connectivity index (χ0n) is 11.7. The lowest BCUT2D eigenvalue weighted by Gasteiger charge is -2.31. The van der Waals surface area contributed by atoms with Gasteiger partial charge >= 0.3 is 7.12 Å². The smallest absolute Gasteiger partial charge is 0.488 e. The first-order valence-electron chi connectivity index (χ1n) is 6.85. The molecule has 0 radical (unpaired) electrons. The summed E-state index contributed by atoms with van der Waals surface area (Å²) in [7, 11) is 0.220. The van der Waals surface area contributed by atoms with Crippen molar-refractivity contribution in [3.63, 3.8) is 0 Å². The molecule has 1 aliphatic heterocycles. The Hall–Kier alpha value is -1.04. The number of piperidine rings is 1. The van der Waals surface area contributed by atoms with E-state index in [-0.39, 0.29) is 0 Å². The van der Waals surface area contributed by atoms with Crippen molar-refractivity contribution in [3.05, 3.63) is 23.8 Å². The maximum atomic E-state index is 9.26. The molecule has 0 bridgehead atoms. The maximum absolute atomic E-state index is 9.26. The van der Waals surface area contributed by atoms with Crippen molar-refractivity contribution in [1.29, 1.82) is 0 Å². The summed E-state index contributed by atoms with van der Waals surface area (Å²) in [5, 5.41) is 18.5. The van der Waals surface area contributed by atoms with Gasteiger partial charge < -0.3 is 14.8 Å². The normalized spacial score (nSPS) is 20.3. The number of likely N-dealkylation sites (tertiary alicyclic amines) is 1. The third-order valence-electron chi connectivity index (χ3n) is 3.74. The Labute approximate surface area is 115 Å². The predicted molar refractivity (Wildman–Crippen MR) is 76.5 cm³/mol. The van der Waals surface area contributed by atoms with E-state index in [0.29, 0.717) is 5.46 Å². The topological polar surface area (TPSA) is 52.9 Å². The van der Waals surface area contributed by atoms with Crippen molar-refractivity contribution >= 4 is 12.6 Å². The van der Waals surface area contributed by atoms with Crippen molar-refractivity contribution in [2.45, 2.75) is 26.3 Å².